The molecule has 0 saturated heterocycles. The number of hydrogen-bond donors (Lipinski definition) is 1. The summed E-state index contributed by atoms with van der Waals surface area (Å²) in [5.41, 5.74) is 2.01. The Kier molecular flexibility index (Phi) is 7.30. The van der Waals surface area contributed by atoms with Gasteiger partial charge in [-0.25, -0.2) is 9.59 Å². The van der Waals surface area contributed by atoms with E-state index in [1.165, 1.54) is 0 Å². The van der Waals surface area contributed by atoms with Crippen molar-refractivity contribution >= 4 is 17.9 Å². The largest absolute Gasteiger partial charge is 0.490 e. The molecule has 0 unspecified atom stereocenters. The lowest BCUT2D eigenvalue weighted by atomic mass is 9.93. The van der Waals surface area contributed by atoms with E-state index in [-0.39, 0.29) is 24.7 Å². The molecule has 7 nitrogen and oxygen atoms in total. The lowest BCUT2D eigenvalue weighted by molar-refractivity contribution is -0.140. The van der Waals surface area contributed by atoms with Crippen LogP contribution in [-0.2, 0) is 20.7 Å². The van der Waals surface area contributed by atoms with Crippen LogP contribution in [0.4, 0.5) is 4.79 Å². The Morgan fingerprint density at radius 2 is 1.79 bits per heavy atom. The average Bonchev–Trinajstić information content (AvgIpc) is 3.32. The van der Waals surface area contributed by atoms with Crippen LogP contribution in [0.5, 0.6) is 5.75 Å². The van der Waals surface area contributed by atoms with Crippen molar-refractivity contribution in [3.05, 3.63) is 77.0 Å². The van der Waals surface area contributed by atoms with Gasteiger partial charge in [0.1, 0.15) is 11.8 Å². The van der Waals surface area contributed by atoms with E-state index in [0.717, 1.165) is 36.1 Å². The van der Waals surface area contributed by atoms with Gasteiger partial charge in [-0.15, -0.1) is 0 Å². The molecule has 4 rings (SSSR count). The highest BCUT2D eigenvalue weighted by Gasteiger charge is 2.42. The molecular formula is C27H30N2O5. The Bertz CT molecular complexity index is 1090. The topological polar surface area (TPSA) is 84.9 Å². The zero-order valence-corrected chi connectivity index (χ0v) is 19.6. The Hall–Kier alpha value is -3.61. The summed E-state index contributed by atoms with van der Waals surface area (Å²) >= 11 is 0. The lowest BCUT2D eigenvalue weighted by Gasteiger charge is -2.36. The molecule has 1 aliphatic carbocycles. The van der Waals surface area contributed by atoms with Gasteiger partial charge in [-0.2, -0.15) is 0 Å². The van der Waals surface area contributed by atoms with Crippen molar-refractivity contribution in [3.8, 4) is 5.75 Å². The van der Waals surface area contributed by atoms with Crippen LogP contribution >= 0.6 is 0 Å². The lowest BCUT2D eigenvalue weighted by Crippen LogP contribution is -2.51. The molecule has 0 spiro atoms. The molecule has 0 bridgehead atoms. The molecule has 3 amide bonds. The number of imide groups is 1. The number of hydrogen-bond acceptors (Lipinski definition) is 5. The van der Waals surface area contributed by atoms with Gasteiger partial charge in [0.25, 0.3) is 0 Å². The second-order valence-corrected chi connectivity index (χ2v) is 8.61. The third-order valence-corrected chi connectivity index (χ3v) is 6.19. The summed E-state index contributed by atoms with van der Waals surface area (Å²) < 4.78 is 11.5. The molecule has 34 heavy (non-hydrogen) atoms. The minimum atomic E-state index is -0.920. The van der Waals surface area contributed by atoms with Gasteiger partial charge in [0.2, 0.25) is 5.91 Å². The maximum Gasteiger partial charge on any atom is 0.338 e. The molecule has 1 aliphatic heterocycles. The number of rotatable bonds is 7. The number of allylic oxidation sites excluding steroid dienone is 1. The molecule has 2 aromatic carbocycles. The van der Waals surface area contributed by atoms with E-state index in [4.69, 9.17) is 9.47 Å². The van der Waals surface area contributed by atoms with Crippen molar-refractivity contribution in [2.75, 3.05) is 6.61 Å². The van der Waals surface area contributed by atoms with Crippen molar-refractivity contribution in [1.82, 2.24) is 10.2 Å². The standard InChI is InChI=1S/C27H30N2O5/c1-3-33-26(31)24-18(2)28-27(32)29(23(30)16-19-10-5-4-6-11-19)25(24)20-12-9-15-22(17-20)34-21-13-7-8-14-21/h4-6,9-12,15,17,21,25H,3,7-8,13-14,16H2,1-2H3,(H,28,32)/t25-/m0/s1. The summed E-state index contributed by atoms with van der Waals surface area (Å²) in [6.45, 7) is 3.55. The van der Waals surface area contributed by atoms with Crippen LogP contribution < -0.4 is 10.1 Å². The maximum atomic E-state index is 13.4. The van der Waals surface area contributed by atoms with Gasteiger partial charge >= 0.3 is 12.0 Å². The van der Waals surface area contributed by atoms with Crippen molar-refractivity contribution in [2.45, 2.75) is 58.1 Å². The van der Waals surface area contributed by atoms with Crippen molar-refractivity contribution in [1.29, 1.82) is 0 Å². The number of carbonyl (C=O) groups is 3. The normalized spacial score (nSPS) is 18.6. The highest BCUT2D eigenvalue weighted by Crippen LogP contribution is 2.37. The van der Waals surface area contributed by atoms with Gasteiger partial charge < -0.3 is 14.8 Å². The summed E-state index contributed by atoms with van der Waals surface area (Å²) in [7, 11) is 0. The van der Waals surface area contributed by atoms with E-state index >= 15 is 0 Å². The number of benzene rings is 2. The second kappa shape index (κ2) is 10.5. The zero-order chi connectivity index (χ0) is 24.1. The first-order chi connectivity index (χ1) is 16.5. The van der Waals surface area contributed by atoms with Gasteiger partial charge in [-0.05, 0) is 62.8 Å². The molecule has 2 aliphatic rings. The van der Waals surface area contributed by atoms with Crippen LogP contribution in [0, 0.1) is 0 Å². The third kappa shape index (κ3) is 5.14. The smallest absolute Gasteiger partial charge is 0.338 e. The summed E-state index contributed by atoms with van der Waals surface area (Å²) in [5, 5.41) is 2.67. The van der Waals surface area contributed by atoms with Crippen LogP contribution in [-0.4, -0.2) is 35.5 Å². The van der Waals surface area contributed by atoms with Gasteiger partial charge in [0.15, 0.2) is 0 Å². The predicted molar refractivity (Wildman–Crippen MR) is 127 cm³/mol. The summed E-state index contributed by atoms with van der Waals surface area (Å²) in [5.74, 6) is -0.318. The summed E-state index contributed by atoms with van der Waals surface area (Å²) in [4.78, 5) is 40.6. The van der Waals surface area contributed by atoms with Crippen LogP contribution in [0.3, 0.4) is 0 Å². The highest BCUT2D eigenvalue weighted by molar-refractivity contribution is 6.02. The minimum absolute atomic E-state index is 0.0260. The van der Waals surface area contributed by atoms with Crippen molar-refractivity contribution in [2.24, 2.45) is 0 Å². The fourth-order valence-corrected chi connectivity index (χ4v) is 4.60. The molecular weight excluding hydrogens is 432 g/mol. The van der Waals surface area contributed by atoms with Crippen molar-refractivity contribution in [3.63, 3.8) is 0 Å². The second-order valence-electron chi connectivity index (χ2n) is 8.61. The van der Waals surface area contributed by atoms with Gasteiger partial charge in [-0.1, -0.05) is 42.5 Å². The highest BCUT2D eigenvalue weighted by atomic mass is 16.5. The van der Waals surface area contributed by atoms with Gasteiger partial charge in [0, 0.05) is 5.70 Å². The van der Waals surface area contributed by atoms with Gasteiger partial charge in [-0.3, -0.25) is 9.69 Å². The number of ether oxygens (including phenoxy) is 2. The first-order valence-electron chi connectivity index (χ1n) is 11.8. The number of amides is 3. The maximum absolute atomic E-state index is 13.4. The Balaban J connectivity index is 1.73. The minimum Gasteiger partial charge on any atom is -0.490 e. The van der Waals surface area contributed by atoms with Crippen molar-refractivity contribution < 1.29 is 23.9 Å². The Morgan fingerprint density at radius 3 is 2.50 bits per heavy atom. The fourth-order valence-electron chi connectivity index (χ4n) is 4.60. The SMILES string of the molecule is CCOC(=O)C1=C(C)NC(=O)N(C(=O)Cc2ccccc2)[C@H]1c1cccc(OC2CCCC2)c1. The molecule has 0 aromatic heterocycles. The number of carbonyl (C=O) groups excluding carboxylic acids is 3. The number of nitrogens with one attached hydrogen (secondary N) is 1. The number of urea groups is 1. The quantitative estimate of drug-likeness (QED) is 0.604. The molecule has 7 heteroatoms. The van der Waals surface area contributed by atoms with Crippen LogP contribution in [0.25, 0.3) is 0 Å². The van der Waals surface area contributed by atoms with E-state index in [9.17, 15) is 14.4 Å². The van der Waals surface area contributed by atoms with E-state index in [1.807, 2.05) is 48.5 Å². The summed E-state index contributed by atoms with van der Waals surface area (Å²) in [6.07, 6.45) is 4.48. The van der Waals surface area contributed by atoms with E-state index < -0.39 is 23.9 Å². The van der Waals surface area contributed by atoms with E-state index in [1.54, 1.807) is 19.9 Å². The Labute approximate surface area is 199 Å². The average molecular weight is 463 g/mol. The number of esters is 1. The first kappa shape index (κ1) is 23.5. The summed E-state index contributed by atoms with van der Waals surface area (Å²) in [6, 6.07) is 15.0. The molecule has 178 valence electrons. The molecule has 1 atom stereocenters. The molecule has 1 heterocycles. The monoisotopic (exact) mass is 462 g/mol. The molecule has 2 aromatic rings. The Morgan fingerprint density at radius 1 is 1.06 bits per heavy atom. The zero-order valence-electron chi connectivity index (χ0n) is 19.6. The molecule has 1 saturated carbocycles. The predicted octanol–water partition coefficient (Wildman–Crippen LogP) is 4.68. The molecule has 1 N–H and O–H groups in total. The third-order valence-electron chi connectivity index (χ3n) is 6.19. The van der Waals surface area contributed by atoms with Crippen LogP contribution in [0.1, 0.15) is 56.7 Å². The molecule has 1 fully saturated rings. The number of nitrogens with zero attached hydrogens (tertiary/aromatic N) is 1. The molecule has 0 radical (unpaired) electrons. The first-order valence-corrected chi connectivity index (χ1v) is 11.8. The van der Waals surface area contributed by atoms with Crippen LogP contribution in [0.2, 0.25) is 0 Å². The fraction of sp³-hybridized carbons (Fsp3) is 0.370. The van der Waals surface area contributed by atoms with Gasteiger partial charge in [0.05, 0.1) is 24.7 Å². The van der Waals surface area contributed by atoms with E-state index in [0.29, 0.717) is 17.0 Å². The van der Waals surface area contributed by atoms with E-state index in [2.05, 4.69) is 5.32 Å². The van der Waals surface area contributed by atoms with Crippen LogP contribution in [0.15, 0.2) is 65.9 Å².